The second kappa shape index (κ2) is 9.28. The van der Waals surface area contributed by atoms with Gasteiger partial charge < -0.3 is 9.80 Å². The van der Waals surface area contributed by atoms with Gasteiger partial charge in [0.15, 0.2) is 0 Å². The monoisotopic (exact) mass is 343 g/mol. The second-order valence-corrected chi connectivity index (χ2v) is 6.61. The van der Waals surface area contributed by atoms with Gasteiger partial charge >= 0.3 is 0 Å². The Kier molecular flexibility index (Phi) is 7.07. The fourth-order valence-corrected chi connectivity index (χ4v) is 2.70. The van der Waals surface area contributed by atoms with Crippen LogP contribution in [0.4, 0.5) is 4.39 Å². The van der Waals surface area contributed by atoms with Crippen molar-refractivity contribution >= 4 is 5.91 Å². The van der Waals surface area contributed by atoms with Crippen LogP contribution in [0.15, 0.2) is 48.8 Å². The number of carbonyl (C=O) groups is 1. The molecular formula is C20H26FN3O. The van der Waals surface area contributed by atoms with E-state index in [1.54, 1.807) is 30.6 Å². The Bertz CT molecular complexity index is 676. The molecule has 0 spiro atoms. The van der Waals surface area contributed by atoms with E-state index in [-0.39, 0.29) is 24.1 Å². The molecule has 0 saturated heterocycles. The van der Waals surface area contributed by atoms with E-state index in [0.29, 0.717) is 18.7 Å². The molecule has 1 amide bonds. The molecule has 0 aliphatic carbocycles. The maximum absolute atomic E-state index is 14.0. The van der Waals surface area contributed by atoms with Crippen molar-refractivity contribution in [2.45, 2.75) is 25.8 Å². The van der Waals surface area contributed by atoms with Gasteiger partial charge in [-0.25, -0.2) is 4.39 Å². The average Bonchev–Trinajstić information content (AvgIpc) is 2.59. The number of nitrogens with zero attached hydrogens (tertiary/aromatic N) is 3. The number of hydrogen-bond donors (Lipinski definition) is 0. The Balaban J connectivity index is 2.07. The van der Waals surface area contributed by atoms with E-state index < -0.39 is 0 Å². The van der Waals surface area contributed by atoms with E-state index in [4.69, 9.17) is 0 Å². The molecule has 1 unspecified atom stereocenters. The topological polar surface area (TPSA) is 36.4 Å². The van der Waals surface area contributed by atoms with Gasteiger partial charge in [0.05, 0.1) is 0 Å². The molecule has 2 aromatic rings. The Hall–Kier alpha value is -2.27. The quantitative estimate of drug-likeness (QED) is 0.738. The van der Waals surface area contributed by atoms with E-state index in [1.807, 2.05) is 43.0 Å². The summed E-state index contributed by atoms with van der Waals surface area (Å²) in [6, 6.07) is 10.5. The van der Waals surface area contributed by atoms with Gasteiger partial charge in [-0.3, -0.25) is 9.78 Å². The van der Waals surface area contributed by atoms with Crippen molar-refractivity contribution in [1.82, 2.24) is 14.8 Å². The van der Waals surface area contributed by atoms with Gasteiger partial charge in [0.2, 0.25) is 5.91 Å². The third-order valence-corrected chi connectivity index (χ3v) is 4.18. The van der Waals surface area contributed by atoms with Crippen molar-refractivity contribution in [3.8, 4) is 0 Å². The molecule has 25 heavy (non-hydrogen) atoms. The van der Waals surface area contributed by atoms with Crippen LogP contribution in [0.1, 0.15) is 30.4 Å². The number of likely N-dealkylation sites (N-methyl/N-ethyl adjacent to an activating group) is 1. The van der Waals surface area contributed by atoms with Crippen molar-refractivity contribution in [3.05, 3.63) is 65.7 Å². The number of benzene rings is 1. The van der Waals surface area contributed by atoms with E-state index in [1.165, 1.54) is 6.07 Å². The number of pyridine rings is 1. The van der Waals surface area contributed by atoms with Gasteiger partial charge in [-0.15, -0.1) is 0 Å². The van der Waals surface area contributed by atoms with E-state index in [0.717, 1.165) is 12.1 Å². The molecule has 1 aromatic carbocycles. The highest BCUT2D eigenvalue weighted by Gasteiger charge is 2.20. The van der Waals surface area contributed by atoms with Crippen LogP contribution in [-0.2, 0) is 11.3 Å². The van der Waals surface area contributed by atoms with Crippen molar-refractivity contribution in [2.24, 2.45) is 0 Å². The first-order valence-electron chi connectivity index (χ1n) is 8.53. The lowest BCUT2D eigenvalue weighted by Crippen LogP contribution is -2.36. The molecule has 0 radical (unpaired) electrons. The lowest BCUT2D eigenvalue weighted by Gasteiger charge is -2.26. The second-order valence-electron chi connectivity index (χ2n) is 6.61. The molecular weight excluding hydrogens is 317 g/mol. The van der Waals surface area contributed by atoms with Crippen LogP contribution in [0.2, 0.25) is 0 Å². The molecule has 0 N–H and O–H groups in total. The Morgan fingerprint density at radius 3 is 2.56 bits per heavy atom. The van der Waals surface area contributed by atoms with Crippen molar-refractivity contribution in [2.75, 3.05) is 27.2 Å². The van der Waals surface area contributed by atoms with Gasteiger partial charge in [0.1, 0.15) is 5.82 Å². The minimum absolute atomic E-state index is 0.0291. The maximum Gasteiger partial charge on any atom is 0.223 e. The first-order chi connectivity index (χ1) is 12.0. The molecule has 4 nitrogen and oxygen atoms in total. The Labute approximate surface area is 149 Å². The normalized spacial score (nSPS) is 12.2. The van der Waals surface area contributed by atoms with Crippen LogP contribution >= 0.6 is 0 Å². The fraction of sp³-hybridized carbons (Fsp3) is 0.400. The highest BCUT2D eigenvalue weighted by atomic mass is 19.1. The van der Waals surface area contributed by atoms with E-state index in [9.17, 15) is 9.18 Å². The number of rotatable bonds is 8. The van der Waals surface area contributed by atoms with Crippen LogP contribution in [0.3, 0.4) is 0 Å². The summed E-state index contributed by atoms with van der Waals surface area (Å²) in [5.41, 5.74) is 1.58. The lowest BCUT2D eigenvalue weighted by atomic mass is 9.96. The Morgan fingerprint density at radius 2 is 1.92 bits per heavy atom. The molecule has 0 aliphatic heterocycles. The zero-order chi connectivity index (χ0) is 18.2. The summed E-state index contributed by atoms with van der Waals surface area (Å²) in [4.78, 5) is 20.8. The van der Waals surface area contributed by atoms with Gasteiger partial charge in [0, 0.05) is 38.4 Å². The molecule has 134 valence electrons. The zero-order valence-electron chi connectivity index (χ0n) is 15.2. The van der Waals surface area contributed by atoms with Gasteiger partial charge in [-0.05, 0) is 43.3 Å². The van der Waals surface area contributed by atoms with Crippen LogP contribution in [0.25, 0.3) is 0 Å². The molecule has 1 aromatic heterocycles. The van der Waals surface area contributed by atoms with Crippen molar-refractivity contribution in [3.63, 3.8) is 0 Å². The molecule has 0 bridgehead atoms. The van der Waals surface area contributed by atoms with E-state index >= 15 is 0 Å². The van der Waals surface area contributed by atoms with Gasteiger partial charge in [-0.2, -0.15) is 0 Å². The molecule has 2 rings (SSSR count). The third kappa shape index (κ3) is 5.94. The van der Waals surface area contributed by atoms with E-state index in [2.05, 4.69) is 4.98 Å². The minimum Gasteiger partial charge on any atom is -0.337 e. The summed E-state index contributed by atoms with van der Waals surface area (Å²) in [5.74, 6) is -0.388. The lowest BCUT2D eigenvalue weighted by molar-refractivity contribution is -0.132. The summed E-state index contributed by atoms with van der Waals surface area (Å²) in [6.45, 7) is 3.82. The Morgan fingerprint density at radius 1 is 1.16 bits per heavy atom. The predicted octanol–water partition coefficient (Wildman–Crippen LogP) is 3.30. The van der Waals surface area contributed by atoms with Gasteiger partial charge in [-0.1, -0.05) is 31.2 Å². The molecule has 5 heteroatoms. The highest BCUT2D eigenvalue weighted by Crippen LogP contribution is 2.23. The number of carbonyl (C=O) groups excluding carboxylic acids is 1. The SMILES string of the molecule is CC(CC(=O)N(CCN(C)C)Cc1cccnc1)c1ccccc1F. The summed E-state index contributed by atoms with van der Waals surface area (Å²) in [7, 11) is 3.96. The number of aromatic nitrogens is 1. The summed E-state index contributed by atoms with van der Waals surface area (Å²) < 4.78 is 14.0. The van der Waals surface area contributed by atoms with Crippen molar-refractivity contribution in [1.29, 1.82) is 0 Å². The number of hydrogen-bond acceptors (Lipinski definition) is 3. The maximum atomic E-state index is 14.0. The number of amides is 1. The first-order valence-corrected chi connectivity index (χ1v) is 8.53. The molecule has 0 aliphatic rings. The largest absolute Gasteiger partial charge is 0.337 e. The highest BCUT2D eigenvalue weighted by molar-refractivity contribution is 5.77. The zero-order valence-corrected chi connectivity index (χ0v) is 15.2. The van der Waals surface area contributed by atoms with Crippen LogP contribution in [-0.4, -0.2) is 47.9 Å². The summed E-state index contributed by atoms with van der Waals surface area (Å²) in [5, 5.41) is 0. The summed E-state index contributed by atoms with van der Waals surface area (Å²) >= 11 is 0. The molecule has 1 heterocycles. The minimum atomic E-state index is -0.255. The first kappa shape index (κ1) is 19.1. The van der Waals surface area contributed by atoms with Crippen LogP contribution in [0.5, 0.6) is 0 Å². The average molecular weight is 343 g/mol. The number of halogens is 1. The molecule has 0 saturated carbocycles. The standard InChI is InChI=1S/C20H26FN3O/c1-16(18-8-4-5-9-19(18)21)13-20(25)24(12-11-23(2)3)15-17-7-6-10-22-14-17/h4-10,14,16H,11-13,15H2,1-3H3. The molecule has 0 fully saturated rings. The third-order valence-electron chi connectivity index (χ3n) is 4.18. The fourth-order valence-electron chi connectivity index (χ4n) is 2.70. The van der Waals surface area contributed by atoms with Crippen LogP contribution < -0.4 is 0 Å². The van der Waals surface area contributed by atoms with Gasteiger partial charge in [0.25, 0.3) is 0 Å². The van der Waals surface area contributed by atoms with Crippen LogP contribution in [0, 0.1) is 5.82 Å². The summed E-state index contributed by atoms with van der Waals surface area (Å²) in [6.07, 6.45) is 3.78. The van der Waals surface area contributed by atoms with Crippen molar-refractivity contribution < 1.29 is 9.18 Å². The smallest absolute Gasteiger partial charge is 0.223 e. The predicted molar refractivity (Wildman–Crippen MR) is 97.6 cm³/mol. The molecule has 1 atom stereocenters.